The highest BCUT2D eigenvalue weighted by Gasteiger charge is 2.44. The predicted molar refractivity (Wildman–Crippen MR) is 85.9 cm³/mol. The van der Waals surface area contributed by atoms with E-state index in [4.69, 9.17) is 4.74 Å². The first-order chi connectivity index (χ1) is 10.8. The van der Waals surface area contributed by atoms with Gasteiger partial charge in [-0.1, -0.05) is 18.2 Å². The third-order valence-electron chi connectivity index (χ3n) is 5.43. The van der Waals surface area contributed by atoms with Crippen LogP contribution in [0.1, 0.15) is 25.7 Å². The first-order valence-electron chi connectivity index (χ1n) is 8.52. The molecule has 22 heavy (non-hydrogen) atoms. The monoisotopic (exact) mass is 300 g/mol. The van der Waals surface area contributed by atoms with E-state index in [2.05, 4.69) is 21.9 Å². The second kappa shape index (κ2) is 6.01. The summed E-state index contributed by atoms with van der Waals surface area (Å²) >= 11 is 0. The van der Waals surface area contributed by atoms with Crippen LogP contribution in [0.3, 0.4) is 0 Å². The van der Waals surface area contributed by atoms with Crippen molar-refractivity contribution in [3.05, 3.63) is 30.3 Å². The zero-order chi connectivity index (χ0) is 14.9. The van der Waals surface area contributed by atoms with Crippen LogP contribution in [0.4, 0.5) is 5.69 Å². The van der Waals surface area contributed by atoms with Gasteiger partial charge in [0.2, 0.25) is 5.91 Å². The van der Waals surface area contributed by atoms with E-state index in [9.17, 15) is 4.79 Å². The summed E-state index contributed by atoms with van der Waals surface area (Å²) in [4.78, 5) is 17.2. The normalized spacial score (nSPS) is 32.5. The van der Waals surface area contributed by atoms with Crippen molar-refractivity contribution in [3.63, 3.8) is 0 Å². The third kappa shape index (κ3) is 2.55. The molecule has 3 aliphatic rings. The van der Waals surface area contributed by atoms with Gasteiger partial charge in [0.05, 0.1) is 12.6 Å². The van der Waals surface area contributed by atoms with Crippen LogP contribution < -0.4 is 4.90 Å². The molecule has 4 heteroatoms. The number of carbonyl (C=O) groups excluding carboxylic acids is 1. The summed E-state index contributed by atoms with van der Waals surface area (Å²) in [6.07, 6.45) is 3.97. The van der Waals surface area contributed by atoms with Gasteiger partial charge in [-0.15, -0.1) is 0 Å². The van der Waals surface area contributed by atoms with E-state index in [0.29, 0.717) is 30.3 Å². The van der Waals surface area contributed by atoms with Crippen LogP contribution in [-0.2, 0) is 9.53 Å². The number of likely N-dealkylation sites (tertiary alicyclic amines) is 1. The fourth-order valence-corrected chi connectivity index (χ4v) is 4.36. The van der Waals surface area contributed by atoms with Crippen molar-refractivity contribution in [2.75, 3.05) is 31.2 Å². The van der Waals surface area contributed by atoms with E-state index in [1.165, 1.54) is 6.42 Å². The molecular weight excluding hydrogens is 276 g/mol. The lowest BCUT2D eigenvalue weighted by molar-refractivity contribution is -0.120. The van der Waals surface area contributed by atoms with E-state index in [1.54, 1.807) is 0 Å². The Labute approximate surface area is 132 Å². The highest BCUT2D eigenvalue weighted by molar-refractivity contribution is 5.95. The summed E-state index contributed by atoms with van der Waals surface area (Å²) in [5.74, 6) is 0.972. The Morgan fingerprint density at radius 2 is 1.95 bits per heavy atom. The number of fused-ring (bicyclic) bond motifs is 1. The van der Waals surface area contributed by atoms with Gasteiger partial charge in [-0.05, 0) is 37.3 Å². The number of benzene rings is 1. The lowest BCUT2D eigenvalue weighted by atomic mass is 9.95. The smallest absolute Gasteiger partial charge is 0.227 e. The summed E-state index contributed by atoms with van der Waals surface area (Å²) in [7, 11) is 0. The van der Waals surface area contributed by atoms with E-state index < -0.39 is 0 Å². The number of piperidine rings is 1. The second-order valence-corrected chi connectivity index (χ2v) is 6.79. The first kappa shape index (κ1) is 14.2. The molecule has 3 aliphatic heterocycles. The maximum atomic E-state index is 12.5. The average Bonchev–Trinajstić information content (AvgIpc) is 3.19. The Morgan fingerprint density at radius 1 is 1.09 bits per heavy atom. The Bertz CT molecular complexity index is 527. The molecule has 118 valence electrons. The van der Waals surface area contributed by atoms with Gasteiger partial charge in [-0.2, -0.15) is 0 Å². The molecular formula is C18H24N2O2. The van der Waals surface area contributed by atoms with Crippen LogP contribution in [0, 0.1) is 5.92 Å². The van der Waals surface area contributed by atoms with Crippen LogP contribution >= 0.6 is 0 Å². The van der Waals surface area contributed by atoms with Gasteiger partial charge in [0.15, 0.2) is 0 Å². The van der Waals surface area contributed by atoms with Crippen molar-refractivity contribution in [1.82, 2.24) is 4.90 Å². The minimum Gasteiger partial charge on any atom is -0.381 e. The van der Waals surface area contributed by atoms with E-state index in [0.717, 1.165) is 44.8 Å². The number of hydrogen-bond donors (Lipinski definition) is 0. The van der Waals surface area contributed by atoms with Gasteiger partial charge in [-0.3, -0.25) is 9.69 Å². The van der Waals surface area contributed by atoms with Gasteiger partial charge < -0.3 is 9.64 Å². The third-order valence-corrected chi connectivity index (χ3v) is 5.43. The molecule has 4 nitrogen and oxygen atoms in total. The van der Waals surface area contributed by atoms with Crippen molar-refractivity contribution in [2.45, 2.75) is 37.8 Å². The Balaban J connectivity index is 1.52. The number of hydrogen-bond acceptors (Lipinski definition) is 3. The molecule has 3 saturated heterocycles. The van der Waals surface area contributed by atoms with Gasteiger partial charge >= 0.3 is 0 Å². The number of amides is 1. The second-order valence-electron chi connectivity index (χ2n) is 6.79. The van der Waals surface area contributed by atoms with E-state index >= 15 is 0 Å². The number of ether oxygens (including phenoxy) is 1. The molecule has 0 saturated carbocycles. The highest BCUT2D eigenvalue weighted by Crippen LogP contribution is 2.35. The quantitative estimate of drug-likeness (QED) is 0.858. The van der Waals surface area contributed by atoms with E-state index in [-0.39, 0.29) is 0 Å². The van der Waals surface area contributed by atoms with Crippen LogP contribution in [-0.4, -0.2) is 49.2 Å². The zero-order valence-electron chi connectivity index (χ0n) is 13.0. The molecule has 4 rings (SSSR count). The maximum absolute atomic E-state index is 12.5. The van der Waals surface area contributed by atoms with E-state index in [1.807, 2.05) is 18.2 Å². The SMILES string of the molecule is O=C1CC[C@H]2[C@H](CCN2C[C@H]2CCOC2)N1c1ccccc1. The lowest BCUT2D eigenvalue weighted by Gasteiger charge is -2.40. The molecule has 1 aromatic rings. The highest BCUT2D eigenvalue weighted by atomic mass is 16.5. The lowest BCUT2D eigenvalue weighted by Crippen LogP contribution is -2.53. The molecule has 1 amide bonds. The van der Waals surface area contributed by atoms with Crippen LogP contribution in [0.5, 0.6) is 0 Å². The molecule has 0 radical (unpaired) electrons. The van der Waals surface area contributed by atoms with Crippen molar-refractivity contribution >= 4 is 11.6 Å². The van der Waals surface area contributed by atoms with Crippen LogP contribution in [0.2, 0.25) is 0 Å². The topological polar surface area (TPSA) is 32.8 Å². The largest absolute Gasteiger partial charge is 0.381 e. The average molecular weight is 300 g/mol. The van der Waals surface area contributed by atoms with Crippen LogP contribution in [0.15, 0.2) is 30.3 Å². The molecule has 0 unspecified atom stereocenters. The summed E-state index contributed by atoms with van der Waals surface area (Å²) in [5, 5.41) is 0. The zero-order valence-corrected chi connectivity index (χ0v) is 13.0. The number of para-hydroxylation sites is 1. The summed E-state index contributed by atoms with van der Waals surface area (Å²) in [5.41, 5.74) is 1.06. The molecule has 0 spiro atoms. The minimum absolute atomic E-state index is 0.290. The number of carbonyl (C=O) groups is 1. The molecule has 0 aliphatic carbocycles. The Hall–Kier alpha value is -1.39. The summed E-state index contributed by atoms with van der Waals surface area (Å²) in [6, 6.07) is 11.1. The molecule has 1 aromatic carbocycles. The molecule has 3 heterocycles. The molecule has 3 atom stereocenters. The predicted octanol–water partition coefficient (Wildman–Crippen LogP) is 2.29. The summed E-state index contributed by atoms with van der Waals surface area (Å²) < 4.78 is 5.52. The van der Waals surface area contributed by atoms with Gasteiger partial charge in [0.1, 0.15) is 0 Å². The van der Waals surface area contributed by atoms with Gasteiger partial charge in [0.25, 0.3) is 0 Å². The molecule has 3 fully saturated rings. The summed E-state index contributed by atoms with van der Waals surface area (Å²) in [6.45, 7) is 4.08. The van der Waals surface area contributed by atoms with Crippen molar-refractivity contribution in [2.24, 2.45) is 5.92 Å². The van der Waals surface area contributed by atoms with Crippen molar-refractivity contribution in [3.8, 4) is 0 Å². The standard InChI is InChI=1S/C18H24N2O2/c21-18-7-6-16-17(20(18)15-4-2-1-3-5-15)8-10-19(16)12-14-9-11-22-13-14/h1-5,14,16-17H,6-13H2/t14-,16+,17+/m1/s1. The van der Waals surface area contributed by atoms with Gasteiger partial charge in [0, 0.05) is 37.8 Å². The number of anilines is 1. The fraction of sp³-hybridized carbons (Fsp3) is 0.611. The number of rotatable bonds is 3. The Kier molecular flexibility index (Phi) is 3.89. The molecule has 0 N–H and O–H groups in total. The molecule has 0 bridgehead atoms. The Morgan fingerprint density at radius 3 is 2.73 bits per heavy atom. The van der Waals surface area contributed by atoms with Crippen molar-refractivity contribution < 1.29 is 9.53 Å². The van der Waals surface area contributed by atoms with Gasteiger partial charge in [-0.25, -0.2) is 0 Å². The van der Waals surface area contributed by atoms with Crippen molar-refractivity contribution in [1.29, 1.82) is 0 Å². The van der Waals surface area contributed by atoms with Crippen LogP contribution in [0.25, 0.3) is 0 Å². The first-order valence-corrected chi connectivity index (χ1v) is 8.52. The molecule has 0 aromatic heterocycles. The minimum atomic E-state index is 0.290. The number of nitrogens with zero attached hydrogens (tertiary/aromatic N) is 2. The maximum Gasteiger partial charge on any atom is 0.227 e. The fourth-order valence-electron chi connectivity index (χ4n) is 4.36.